The number of hydrogen-bond donors (Lipinski definition) is 1. The van der Waals surface area contributed by atoms with Crippen LogP contribution in [0.5, 0.6) is 0 Å². The van der Waals surface area contributed by atoms with Crippen LogP contribution in [0.1, 0.15) is 93.9 Å². The van der Waals surface area contributed by atoms with Crippen molar-refractivity contribution < 1.29 is 9.90 Å². The summed E-state index contributed by atoms with van der Waals surface area (Å²) in [6, 6.07) is 0. The molecule has 0 radical (unpaired) electrons. The molecule has 0 bridgehead atoms. The van der Waals surface area contributed by atoms with E-state index in [9.17, 15) is 9.90 Å². The molecule has 3 unspecified atom stereocenters. The minimum Gasteiger partial charge on any atom is -0.393 e. The van der Waals surface area contributed by atoms with E-state index in [1.54, 1.807) is 0 Å². The first kappa shape index (κ1) is 21.7. The van der Waals surface area contributed by atoms with E-state index in [2.05, 4.69) is 55.4 Å². The molecule has 0 heterocycles. The van der Waals surface area contributed by atoms with E-state index in [0.29, 0.717) is 34.9 Å². The standard InChI is InChI=1S/C11H22O.C11H20O/c2*1-8(2)9-5-6-11(3,4)7-10(9)12/h8-10,12H,5-7H2,1-4H3;8-9H,5-7H2,1-4H3. The molecule has 2 heteroatoms. The van der Waals surface area contributed by atoms with Crippen LogP contribution >= 0.6 is 0 Å². The molecule has 1 N–H and O–H groups in total. The van der Waals surface area contributed by atoms with Crippen molar-refractivity contribution in [3.8, 4) is 0 Å². The van der Waals surface area contributed by atoms with Crippen LogP contribution in [0.15, 0.2) is 0 Å². The third-order valence-corrected chi connectivity index (χ3v) is 6.27. The number of aliphatic hydroxyl groups is 1. The molecule has 0 aromatic carbocycles. The molecule has 24 heavy (non-hydrogen) atoms. The first-order valence-electron chi connectivity index (χ1n) is 10.1. The summed E-state index contributed by atoms with van der Waals surface area (Å²) in [4.78, 5) is 11.7. The Balaban J connectivity index is 0.000000240. The van der Waals surface area contributed by atoms with Gasteiger partial charge in [0.2, 0.25) is 0 Å². The van der Waals surface area contributed by atoms with Gasteiger partial charge in [0, 0.05) is 12.3 Å². The van der Waals surface area contributed by atoms with Crippen molar-refractivity contribution in [2.75, 3.05) is 0 Å². The van der Waals surface area contributed by atoms with Gasteiger partial charge in [-0.1, -0.05) is 55.4 Å². The lowest BCUT2D eigenvalue weighted by molar-refractivity contribution is -0.129. The van der Waals surface area contributed by atoms with Gasteiger partial charge in [-0.2, -0.15) is 0 Å². The topological polar surface area (TPSA) is 37.3 Å². The summed E-state index contributed by atoms with van der Waals surface area (Å²) in [5.41, 5.74) is 0.632. The number of carbonyl (C=O) groups is 1. The van der Waals surface area contributed by atoms with Gasteiger partial charge in [-0.15, -0.1) is 0 Å². The SMILES string of the molecule is CC(C)C1CCC(C)(C)CC1=O.CC(C)C1CCC(C)(C)CC1O. The van der Waals surface area contributed by atoms with Crippen molar-refractivity contribution in [1.29, 1.82) is 0 Å². The average molecular weight is 339 g/mol. The van der Waals surface area contributed by atoms with Gasteiger partial charge in [0.1, 0.15) is 5.78 Å². The predicted molar refractivity (Wildman–Crippen MR) is 103 cm³/mol. The molecule has 2 aliphatic rings. The third-order valence-electron chi connectivity index (χ3n) is 6.27. The highest BCUT2D eigenvalue weighted by atomic mass is 16.3. The highest BCUT2D eigenvalue weighted by Crippen LogP contribution is 2.41. The Morgan fingerprint density at radius 2 is 1.46 bits per heavy atom. The van der Waals surface area contributed by atoms with Crippen LogP contribution in [0.4, 0.5) is 0 Å². The zero-order valence-corrected chi connectivity index (χ0v) is 17.5. The molecular weight excluding hydrogens is 296 g/mol. The van der Waals surface area contributed by atoms with Crippen LogP contribution in [0.3, 0.4) is 0 Å². The normalized spacial score (nSPS) is 32.5. The fourth-order valence-electron chi connectivity index (χ4n) is 4.45. The number of aliphatic hydroxyl groups excluding tert-OH is 1. The first-order valence-corrected chi connectivity index (χ1v) is 10.1. The van der Waals surface area contributed by atoms with Crippen molar-refractivity contribution in [3.63, 3.8) is 0 Å². The number of carbonyl (C=O) groups excluding carboxylic acids is 1. The molecule has 2 fully saturated rings. The number of rotatable bonds is 2. The molecule has 0 aliphatic heterocycles. The van der Waals surface area contributed by atoms with Crippen molar-refractivity contribution >= 4 is 5.78 Å². The number of ketones is 1. The molecule has 2 saturated carbocycles. The van der Waals surface area contributed by atoms with Crippen LogP contribution in [-0.4, -0.2) is 17.0 Å². The quantitative estimate of drug-likeness (QED) is 0.684. The third kappa shape index (κ3) is 6.50. The van der Waals surface area contributed by atoms with Crippen molar-refractivity contribution in [3.05, 3.63) is 0 Å². The summed E-state index contributed by atoms with van der Waals surface area (Å²) >= 11 is 0. The van der Waals surface area contributed by atoms with Crippen molar-refractivity contribution in [2.45, 2.75) is 100 Å². The maximum absolute atomic E-state index is 11.7. The molecular formula is C22H42O2. The van der Waals surface area contributed by atoms with Gasteiger partial charge < -0.3 is 5.11 Å². The molecule has 3 atom stereocenters. The fraction of sp³-hybridized carbons (Fsp3) is 0.955. The van der Waals surface area contributed by atoms with Gasteiger partial charge in [-0.3, -0.25) is 4.79 Å². The van der Waals surface area contributed by atoms with Gasteiger partial charge in [0.15, 0.2) is 0 Å². The second kappa shape index (κ2) is 8.34. The van der Waals surface area contributed by atoms with E-state index >= 15 is 0 Å². The summed E-state index contributed by atoms with van der Waals surface area (Å²) in [6.07, 6.45) is 6.49. The van der Waals surface area contributed by atoms with E-state index in [0.717, 1.165) is 19.3 Å². The molecule has 2 nitrogen and oxygen atoms in total. The van der Waals surface area contributed by atoms with Crippen LogP contribution in [0.2, 0.25) is 0 Å². The lowest BCUT2D eigenvalue weighted by Gasteiger charge is -2.40. The Labute approximate surface area is 150 Å². The zero-order valence-electron chi connectivity index (χ0n) is 17.5. The Morgan fingerprint density at radius 1 is 0.917 bits per heavy atom. The molecule has 0 amide bonds. The Morgan fingerprint density at radius 3 is 1.88 bits per heavy atom. The van der Waals surface area contributed by atoms with Crippen LogP contribution in [0, 0.1) is 34.5 Å². The van der Waals surface area contributed by atoms with Gasteiger partial charge in [0.05, 0.1) is 6.10 Å². The van der Waals surface area contributed by atoms with E-state index in [-0.39, 0.29) is 11.5 Å². The summed E-state index contributed by atoms with van der Waals surface area (Å²) in [5, 5.41) is 9.87. The summed E-state index contributed by atoms with van der Waals surface area (Å²) in [6.45, 7) is 17.6. The number of hydrogen-bond acceptors (Lipinski definition) is 2. The fourth-order valence-corrected chi connectivity index (χ4v) is 4.45. The van der Waals surface area contributed by atoms with E-state index in [1.807, 2.05) is 0 Å². The first-order chi connectivity index (χ1) is 10.8. The second-order valence-corrected chi connectivity index (χ2v) is 10.6. The largest absolute Gasteiger partial charge is 0.393 e. The molecule has 0 aromatic heterocycles. The van der Waals surface area contributed by atoms with Crippen molar-refractivity contribution in [1.82, 2.24) is 0 Å². The highest BCUT2D eigenvalue weighted by molar-refractivity contribution is 5.82. The summed E-state index contributed by atoms with van der Waals surface area (Å²) in [7, 11) is 0. The molecule has 2 rings (SSSR count). The highest BCUT2D eigenvalue weighted by Gasteiger charge is 2.35. The predicted octanol–water partition coefficient (Wildman–Crippen LogP) is 5.87. The minimum atomic E-state index is -0.0613. The molecule has 2 aliphatic carbocycles. The van der Waals surface area contributed by atoms with Crippen molar-refractivity contribution in [2.24, 2.45) is 34.5 Å². The lowest BCUT2D eigenvalue weighted by atomic mass is 9.68. The van der Waals surface area contributed by atoms with Crippen LogP contribution in [0.25, 0.3) is 0 Å². The zero-order chi connectivity index (χ0) is 18.7. The van der Waals surface area contributed by atoms with E-state index in [1.165, 1.54) is 19.3 Å². The van der Waals surface area contributed by atoms with Crippen LogP contribution < -0.4 is 0 Å². The van der Waals surface area contributed by atoms with Gasteiger partial charge >= 0.3 is 0 Å². The number of Topliss-reactive ketones (excluding diaryl/α,β-unsaturated/α-hetero) is 1. The Hall–Kier alpha value is -0.370. The Kier molecular flexibility index (Phi) is 7.53. The molecule has 0 aromatic rings. The smallest absolute Gasteiger partial charge is 0.136 e. The van der Waals surface area contributed by atoms with Gasteiger partial charge in [0.25, 0.3) is 0 Å². The molecule has 0 saturated heterocycles. The second-order valence-electron chi connectivity index (χ2n) is 10.6. The van der Waals surface area contributed by atoms with E-state index < -0.39 is 0 Å². The average Bonchev–Trinajstić information content (AvgIpc) is 2.35. The molecule has 142 valence electrons. The summed E-state index contributed by atoms with van der Waals surface area (Å²) < 4.78 is 0. The lowest BCUT2D eigenvalue weighted by Crippen LogP contribution is -2.36. The van der Waals surface area contributed by atoms with Crippen LogP contribution in [-0.2, 0) is 4.79 Å². The van der Waals surface area contributed by atoms with E-state index in [4.69, 9.17) is 0 Å². The van der Waals surface area contributed by atoms with Gasteiger partial charge in [-0.25, -0.2) is 0 Å². The summed E-state index contributed by atoms with van der Waals surface area (Å²) in [5.74, 6) is 2.54. The maximum atomic E-state index is 11.7. The Bertz CT molecular complexity index is 406. The monoisotopic (exact) mass is 338 g/mol. The minimum absolute atomic E-state index is 0.0613. The van der Waals surface area contributed by atoms with Gasteiger partial charge in [-0.05, 0) is 60.7 Å². The molecule has 0 spiro atoms. The maximum Gasteiger partial charge on any atom is 0.136 e.